The van der Waals surface area contributed by atoms with E-state index < -0.39 is 0 Å². The molecule has 0 fully saturated rings. The van der Waals surface area contributed by atoms with Crippen LogP contribution in [0.4, 0.5) is 0 Å². The maximum absolute atomic E-state index is 12.6. The SMILES string of the molecule is CCCc1c(C(=O)NCc2ccc(Cl)cc2)nnn1-c1ccc(Cl)cc1. The molecule has 1 aromatic heterocycles. The lowest BCUT2D eigenvalue weighted by Crippen LogP contribution is -2.24. The van der Waals surface area contributed by atoms with Gasteiger partial charge < -0.3 is 5.32 Å². The van der Waals surface area contributed by atoms with E-state index in [9.17, 15) is 4.79 Å². The molecular formula is C19H18Cl2N4O. The van der Waals surface area contributed by atoms with Crippen molar-refractivity contribution < 1.29 is 4.79 Å². The second kappa shape index (κ2) is 8.34. The van der Waals surface area contributed by atoms with Gasteiger partial charge in [-0.15, -0.1) is 5.10 Å². The molecule has 0 unspecified atom stereocenters. The molecule has 5 nitrogen and oxygen atoms in total. The summed E-state index contributed by atoms with van der Waals surface area (Å²) in [4.78, 5) is 12.6. The second-order valence-corrected chi connectivity index (χ2v) is 6.70. The van der Waals surface area contributed by atoms with Crippen LogP contribution in [-0.2, 0) is 13.0 Å². The summed E-state index contributed by atoms with van der Waals surface area (Å²) in [7, 11) is 0. The van der Waals surface area contributed by atoms with Crippen LogP contribution in [0.1, 0.15) is 35.1 Å². The Kier molecular flexibility index (Phi) is 5.91. The molecule has 0 saturated heterocycles. The van der Waals surface area contributed by atoms with Crippen molar-refractivity contribution >= 4 is 29.1 Å². The van der Waals surface area contributed by atoms with E-state index in [1.54, 1.807) is 28.9 Å². The molecule has 134 valence electrons. The Labute approximate surface area is 161 Å². The molecule has 7 heteroatoms. The van der Waals surface area contributed by atoms with Crippen LogP contribution in [-0.4, -0.2) is 20.9 Å². The predicted octanol–water partition coefficient (Wildman–Crippen LogP) is 4.46. The maximum Gasteiger partial charge on any atom is 0.274 e. The van der Waals surface area contributed by atoms with E-state index in [2.05, 4.69) is 22.6 Å². The number of nitrogens with zero attached hydrogens (tertiary/aromatic N) is 3. The third-order valence-electron chi connectivity index (χ3n) is 3.90. The van der Waals surface area contributed by atoms with E-state index in [0.29, 0.717) is 28.7 Å². The fourth-order valence-electron chi connectivity index (χ4n) is 2.60. The molecule has 0 atom stereocenters. The van der Waals surface area contributed by atoms with E-state index in [0.717, 1.165) is 23.4 Å². The highest BCUT2D eigenvalue weighted by molar-refractivity contribution is 6.30. The van der Waals surface area contributed by atoms with Crippen LogP contribution in [0.15, 0.2) is 48.5 Å². The number of carbonyl (C=O) groups excluding carboxylic acids is 1. The van der Waals surface area contributed by atoms with Crippen LogP contribution in [0.25, 0.3) is 5.69 Å². The molecule has 0 aliphatic rings. The normalized spacial score (nSPS) is 10.7. The molecule has 0 aliphatic heterocycles. The van der Waals surface area contributed by atoms with E-state index >= 15 is 0 Å². The highest BCUT2D eigenvalue weighted by atomic mass is 35.5. The maximum atomic E-state index is 12.6. The average molecular weight is 389 g/mol. The zero-order chi connectivity index (χ0) is 18.5. The number of hydrogen-bond donors (Lipinski definition) is 1. The van der Waals surface area contributed by atoms with Gasteiger partial charge in [-0.05, 0) is 48.4 Å². The van der Waals surface area contributed by atoms with Crippen LogP contribution in [0, 0.1) is 0 Å². The summed E-state index contributed by atoms with van der Waals surface area (Å²) in [5.74, 6) is -0.247. The van der Waals surface area contributed by atoms with Gasteiger partial charge in [-0.2, -0.15) is 0 Å². The zero-order valence-corrected chi connectivity index (χ0v) is 15.8. The van der Waals surface area contributed by atoms with Gasteiger partial charge in [-0.1, -0.05) is 53.9 Å². The van der Waals surface area contributed by atoms with E-state index in [1.165, 1.54) is 0 Å². The van der Waals surface area contributed by atoms with Crippen LogP contribution in [0.2, 0.25) is 10.0 Å². The molecule has 3 rings (SSSR count). The third kappa shape index (κ3) is 4.23. The van der Waals surface area contributed by atoms with Crippen molar-refractivity contribution in [3.8, 4) is 5.69 Å². The summed E-state index contributed by atoms with van der Waals surface area (Å²) in [5, 5.41) is 12.5. The van der Waals surface area contributed by atoms with Gasteiger partial charge in [0.2, 0.25) is 0 Å². The Balaban J connectivity index is 1.81. The third-order valence-corrected chi connectivity index (χ3v) is 4.41. The number of rotatable bonds is 6. The monoisotopic (exact) mass is 388 g/mol. The highest BCUT2D eigenvalue weighted by Crippen LogP contribution is 2.18. The Bertz CT molecular complexity index is 889. The van der Waals surface area contributed by atoms with Crippen LogP contribution in [0.3, 0.4) is 0 Å². The highest BCUT2D eigenvalue weighted by Gasteiger charge is 2.19. The first kappa shape index (κ1) is 18.4. The van der Waals surface area contributed by atoms with Crippen molar-refractivity contribution in [1.29, 1.82) is 0 Å². The minimum absolute atomic E-state index is 0.247. The summed E-state index contributed by atoms with van der Waals surface area (Å²) >= 11 is 11.8. The fourth-order valence-corrected chi connectivity index (χ4v) is 2.85. The number of nitrogens with one attached hydrogen (secondary N) is 1. The molecule has 0 radical (unpaired) electrons. The lowest BCUT2D eigenvalue weighted by molar-refractivity contribution is 0.0945. The topological polar surface area (TPSA) is 59.8 Å². The second-order valence-electron chi connectivity index (χ2n) is 5.83. The van der Waals surface area contributed by atoms with Gasteiger partial charge in [0.15, 0.2) is 5.69 Å². The molecule has 1 amide bonds. The van der Waals surface area contributed by atoms with E-state index in [-0.39, 0.29) is 5.91 Å². The van der Waals surface area contributed by atoms with Crippen LogP contribution >= 0.6 is 23.2 Å². The van der Waals surface area contributed by atoms with Gasteiger partial charge in [0, 0.05) is 16.6 Å². The standard InChI is InChI=1S/C19H18Cl2N4O/c1-2-3-17-18(19(26)22-12-13-4-6-14(20)7-5-13)23-24-25(17)16-10-8-15(21)9-11-16/h4-11H,2-3,12H2,1H3,(H,22,26). The minimum Gasteiger partial charge on any atom is -0.347 e. The Morgan fingerprint density at radius 1 is 1.04 bits per heavy atom. The Morgan fingerprint density at radius 2 is 1.65 bits per heavy atom. The molecule has 0 aliphatic carbocycles. The van der Waals surface area contributed by atoms with Crippen molar-refractivity contribution in [1.82, 2.24) is 20.3 Å². The molecule has 26 heavy (non-hydrogen) atoms. The van der Waals surface area contributed by atoms with E-state index in [4.69, 9.17) is 23.2 Å². The molecule has 1 heterocycles. The smallest absolute Gasteiger partial charge is 0.274 e. The van der Waals surface area contributed by atoms with Crippen molar-refractivity contribution in [3.63, 3.8) is 0 Å². The van der Waals surface area contributed by atoms with Crippen LogP contribution < -0.4 is 5.32 Å². The number of benzene rings is 2. The summed E-state index contributed by atoms with van der Waals surface area (Å²) < 4.78 is 1.69. The van der Waals surface area contributed by atoms with Crippen LogP contribution in [0.5, 0.6) is 0 Å². The minimum atomic E-state index is -0.247. The average Bonchev–Trinajstić information content (AvgIpc) is 3.06. The molecule has 3 aromatic rings. The lowest BCUT2D eigenvalue weighted by atomic mass is 10.1. The Morgan fingerprint density at radius 3 is 2.27 bits per heavy atom. The first-order valence-corrected chi connectivity index (χ1v) is 9.07. The first-order chi connectivity index (χ1) is 12.6. The number of carbonyl (C=O) groups is 1. The zero-order valence-electron chi connectivity index (χ0n) is 14.2. The van der Waals surface area contributed by atoms with Crippen molar-refractivity contribution in [2.75, 3.05) is 0 Å². The predicted molar refractivity (Wildman–Crippen MR) is 103 cm³/mol. The molecule has 0 spiro atoms. The molecule has 1 N–H and O–H groups in total. The number of hydrogen-bond acceptors (Lipinski definition) is 3. The van der Waals surface area contributed by atoms with Gasteiger partial charge in [0.1, 0.15) is 0 Å². The summed E-state index contributed by atoms with van der Waals surface area (Å²) in [6.07, 6.45) is 1.57. The molecule has 0 bridgehead atoms. The number of halogens is 2. The van der Waals surface area contributed by atoms with Gasteiger partial charge in [0.25, 0.3) is 5.91 Å². The summed E-state index contributed by atoms with van der Waals surface area (Å²) in [5.41, 5.74) is 2.91. The Hall–Kier alpha value is -2.37. The van der Waals surface area contributed by atoms with Crippen molar-refractivity contribution in [3.05, 3.63) is 75.5 Å². The molecule has 2 aromatic carbocycles. The molecular weight excluding hydrogens is 371 g/mol. The largest absolute Gasteiger partial charge is 0.347 e. The number of amides is 1. The van der Waals surface area contributed by atoms with Crippen molar-refractivity contribution in [2.24, 2.45) is 0 Å². The van der Waals surface area contributed by atoms with Gasteiger partial charge >= 0.3 is 0 Å². The summed E-state index contributed by atoms with van der Waals surface area (Å²) in [6.45, 7) is 2.45. The number of aromatic nitrogens is 3. The fraction of sp³-hybridized carbons (Fsp3) is 0.211. The van der Waals surface area contributed by atoms with E-state index in [1.807, 2.05) is 24.3 Å². The quantitative estimate of drug-likeness (QED) is 0.677. The first-order valence-electron chi connectivity index (χ1n) is 8.31. The van der Waals surface area contributed by atoms with Gasteiger partial charge in [0.05, 0.1) is 11.4 Å². The van der Waals surface area contributed by atoms with Gasteiger partial charge in [-0.3, -0.25) is 4.79 Å². The lowest BCUT2D eigenvalue weighted by Gasteiger charge is -2.08. The van der Waals surface area contributed by atoms with Gasteiger partial charge in [-0.25, -0.2) is 4.68 Å². The van der Waals surface area contributed by atoms with Crippen molar-refractivity contribution in [2.45, 2.75) is 26.3 Å². The molecule has 0 saturated carbocycles. The summed E-state index contributed by atoms with van der Waals surface area (Å²) in [6, 6.07) is 14.6.